The van der Waals surface area contributed by atoms with Gasteiger partial charge in [0.15, 0.2) is 0 Å². The van der Waals surface area contributed by atoms with Crippen molar-refractivity contribution in [1.82, 2.24) is 15.5 Å². The van der Waals surface area contributed by atoms with Crippen LogP contribution in [0.3, 0.4) is 0 Å². The van der Waals surface area contributed by atoms with Crippen LogP contribution in [0.5, 0.6) is 0 Å². The molecule has 1 aliphatic carbocycles. The molecule has 120 valence electrons. The largest absolute Gasteiger partial charge is 0.371 e. The molecular formula is C15H27N3O3. The quantitative estimate of drug-likeness (QED) is 0.820. The van der Waals surface area contributed by atoms with E-state index >= 15 is 0 Å². The number of nitrogens with zero attached hydrogens (tertiary/aromatic N) is 1. The van der Waals surface area contributed by atoms with E-state index in [1.54, 1.807) is 4.90 Å². The highest BCUT2D eigenvalue weighted by Crippen LogP contribution is 2.36. The summed E-state index contributed by atoms with van der Waals surface area (Å²) in [6.07, 6.45) is 2.60. The lowest BCUT2D eigenvalue weighted by Crippen LogP contribution is -2.54. The third kappa shape index (κ3) is 5.19. The third-order valence-corrected chi connectivity index (χ3v) is 3.63. The van der Waals surface area contributed by atoms with Gasteiger partial charge < -0.3 is 20.3 Å². The van der Waals surface area contributed by atoms with E-state index in [4.69, 9.17) is 4.74 Å². The van der Waals surface area contributed by atoms with Crippen molar-refractivity contribution in [2.75, 3.05) is 19.6 Å². The first-order chi connectivity index (χ1) is 9.74. The van der Waals surface area contributed by atoms with Gasteiger partial charge >= 0.3 is 6.03 Å². The molecule has 0 spiro atoms. The van der Waals surface area contributed by atoms with Gasteiger partial charge in [-0.1, -0.05) is 0 Å². The van der Waals surface area contributed by atoms with Crippen LogP contribution in [0.2, 0.25) is 0 Å². The number of hydrogen-bond acceptors (Lipinski definition) is 3. The van der Waals surface area contributed by atoms with Gasteiger partial charge in [-0.05, 0) is 46.5 Å². The van der Waals surface area contributed by atoms with E-state index in [1.807, 2.05) is 27.7 Å². The number of ether oxygens (including phenoxy) is 1. The molecule has 6 nitrogen and oxygen atoms in total. The highest BCUT2D eigenvalue weighted by atomic mass is 16.5. The fourth-order valence-corrected chi connectivity index (χ4v) is 2.61. The van der Waals surface area contributed by atoms with Gasteiger partial charge in [0.1, 0.15) is 0 Å². The average Bonchev–Trinajstić information content (AvgIpc) is 3.17. The molecule has 6 heteroatoms. The fourth-order valence-electron chi connectivity index (χ4n) is 2.61. The van der Waals surface area contributed by atoms with Gasteiger partial charge in [0, 0.05) is 18.6 Å². The van der Waals surface area contributed by atoms with Crippen LogP contribution >= 0.6 is 0 Å². The predicted octanol–water partition coefficient (Wildman–Crippen LogP) is 1.11. The zero-order valence-corrected chi connectivity index (χ0v) is 13.4. The maximum atomic E-state index is 12.2. The Bertz CT molecular complexity index is 401. The number of amides is 3. The van der Waals surface area contributed by atoms with E-state index in [1.165, 1.54) is 12.8 Å². The standard InChI is InChI=1S/C15H27N3O3/c1-10-8-18(9-12(21-10)11-5-6-11)14(20)16-7-13(19)17-15(2,3)4/h10-12H,5-9H2,1-4H3,(H,16,20)(H,17,19)/t10-,12-/m0/s1. The second-order valence-corrected chi connectivity index (χ2v) is 7.18. The molecule has 2 atom stereocenters. The Morgan fingerprint density at radius 3 is 2.48 bits per heavy atom. The van der Waals surface area contributed by atoms with E-state index in [9.17, 15) is 9.59 Å². The van der Waals surface area contributed by atoms with Crippen molar-refractivity contribution in [1.29, 1.82) is 0 Å². The maximum absolute atomic E-state index is 12.2. The molecule has 2 fully saturated rings. The molecule has 0 bridgehead atoms. The minimum absolute atomic E-state index is 0.00986. The SMILES string of the molecule is C[C@H]1CN(C(=O)NCC(=O)NC(C)(C)C)C[C@@H](C2CC2)O1. The molecule has 21 heavy (non-hydrogen) atoms. The van der Waals surface area contributed by atoms with Crippen LogP contribution in [0.1, 0.15) is 40.5 Å². The summed E-state index contributed by atoms with van der Waals surface area (Å²) in [7, 11) is 0. The molecule has 0 aromatic rings. The van der Waals surface area contributed by atoms with Crippen LogP contribution in [0.25, 0.3) is 0 Å². The van der Waals surface area contributed by atoms with Gasteiger partial charge in [-0.25, -0.2) is 4.79 Å². The zero-order chi connectivity index (χ0) is 15.6. The minimum atomic E-state index is -0.285. The molecule has 0 radical (unpaired) electrons. The zero-order valence-electron chi connectivity index (χ0n) is 13.4. The van der Waals surface area contributed by atoms with Gasteiger partial charge in [0.25, 0.3) is 0 Å². The van der Waals surface area contributed by atoms with E-state index in [-0.39, 0.29) is 36.2 Å². The summed E-state index contributed by atoms with van der Waals surface area (Å²) < 4.78 is 5.88. The fraction of sp³-hybridized carbons (Fsp3) is 0.867. The highest BCUT2D eigenvalue weighted by Gasteiger charge is 2.38. The Morgan fingerprint density at radius 1 is 1.24 bits per heavy atom. The summed E-state index contributed by atoms with van der Waals surface area (Å²) in [5.41, 5.74) is -0.285. The first-order valence-corrected chi connectivity index (χ1v) is 7.74. The second-order valence-electron chi connectivity index (χ2n) is 7.18. The summed E-state index contributed by atoms with van der Waals surface area (Å²) in [4.78, 5) is 25.7. The molecule has 2 rings (SSSR count). The number of carbonyl (C=O) groups is 2. The molecule has 1 aliphatic heterocycles. The van der Waals surface area contributed by atoms with Crippen LogP contribution < -0.4 is 10.6 Å². The Kier molecular flexibility index (Phi) is 4.76. The molecule has 0 unspecified atom stereocenters. The maximum Gasteiger partial charge on any atom is 0.318 e. The number of morpholine rings is 1. The first kappa shape index (κ1) is 16.1. The number of urea groups is 1. The van der Waals surface area contributed by atoms with Gasteiger partial charge in [0.05, 0.1) is 18.8 Å². The minimum Gasteiger partial charge on any atom is -0.371 e. The Morgan fingerprint density at radius 2 is 1.90 bits per heavy atom. The molecule has 0 aromatic carbocycles. The molecule has 2 N–H and O–H groups in total. The summed E-state index contributed by atoms with van der Waals surface area (Å²) in [5.74, 6) is 0.433. The normalized spacial score (nSPS) is 26.4. The monoisotopic (exact) mass is 297 g/mol. The lowest BCUT2D eigenvalue weighted by Gasteiger charge is -2.37. The average molecular weight is 297 g/mol. The van der Waals surface area contributed by atoms with Crippen molar-refractivity contribution in [2.45, 2.75) is 58.3 Å². The molecule has 3 amide bonds. The highest BCUT2D eigenvalue weighted by molar-refractivity contribution is 5.84. The molecular weight excluding hydrogens is 270 g/mol. The van der Waals surface area contributed by atoms with E-state index in [0.717, 1.165) is 0 Å². The van der Waals surface area contributed by atoms with Gasteiger partial charge in [-0.3, -0.25) is 4.79 Å². The predicted molar refractivity (Wildman–Crippen MR) is 79.9 cm³/mol. The van der Waals surface area contributed by atoms with Crippen molar-refractivity contribution >= 4 is 11.9 Å². The first-order valence-electron chi connectivity index (χ1n) is 7.74. The Hall–Kier alpha value is -1.30. The van der Waals surface area contributed by atoms with Crippen LogP contribution in [-0.2, 0) is 9.53 Å². The molecule has 0 aromatic heterocycles. The number of hydrogen-bond donors (Lipinski definition) is 2. The number of carbonyl (C=O) groups excluding carboxylic acids is 2. The van der Waals surface area contributed by atoms with E-state index in [0.29, 0.717) is 19.0 Å². The van der Waals surface area contributed by atoms with Crippen LogP contribution in [0.15, 0.2) is 0 Å². The van der Waals surface area contributed by atoms with Gasteiger partial charge in [0.2, 0.25) is 5.91 Å². The van der Waals surface area contributed by atoms with E-state index in [2.05, 4.69) is 10.6 Å². The molecule has 2 aliphatic rings. The summed E-state index contributed by atoms with van der Waals surface area (Å²) in [6, 6.07) is -0.181. The van der Waals surface area contributed by atoms with Crippen molar-refractivity contribution in [3.05, 3.63) is 0 Å². The smallest absolute Gasteiger partial charge is 0.318 e. The second kappa shape index (κ2) is 6.22. The van der Waals surface area contributed by atoms with E-state index < -0.39 is 0 Å². The molecule has 1 heterocycles. The van der Waals surface area contributed by atoms with Crippen LogP contribution in [0, 0.1) is 5.92 Å². The summed E-state index contributed by atoms with van der Waals surface area (Å²) in [6.45, 7) is 8.94. The van der Waals surface area contributed by atoms with Gasteiger partial charge in [-0.15, -0.1) is 0 Å². The number of nitrogens with one attached hydrogen (secondary N) is 2. The van der Waals surface area contributed by atoms with Crippen LogP contribution in [-0.4, -0.2) is 54.2 Å². The summed E-state index contributed by atoms with van der Waals surface area (Å²) >= 11 is 0. The molecule has 1 saturated carbocycles. The number of rotatable bonds is 3. The van der Waals surface area contributed by atoms with Crippen molar-refractivity contribution in [3.63, 3.8) is 0 Å². The van der Waals surface area contributed by atoms with Crippen molar-refractivity contribution in [3.8, 4) is 0 Å². The van der Waals surface area contributed by atoms with Crippen LogP contribution in [0.4, 0.5) is 4.79 Å². The third-order valence-electron chi connectivity index (χ3n) is 3.63. The lowest BCUT2D eigenvalue weighted by atomic mass is 10.1. The Balaban J connectivity index is 1.78. The topological polar surface area (TPSA) is 70.7 Å². The summed E-state index contributed by atoms with van der Waals surface area (Å²) in [5, 5.41) is 5.52. The van der Waals surface area contributed by atoms with Crippen molar-refractivity contribution in [2.24, 2.45) is 5.92 Å². The van der Waals surface area contributed by atoms with Crippen molar-refractivity contribution < 1.29 is 14.3 Å². The Labute approximate surface area is 126 Å². The van der Waals surface area contributed by atoms with Gasteiger partial charge in [-0.2, -0.15) is 0 Å². The lowest BCUT2D eigenvalue weighted by molar-refractivity contribution is -0.121. The molecule has 1 saturated heterocycles.